The Kier molecular flexibility index (Phi) is 5.14. The maximum absolute atomic E-state index is 12.7. The minimum Gasteiger partial charge on any atom is -0.497 e. The number of fused-ring (bicyclic) bond motifs is 2. The second kappa shape index (κ2) is 6.52. The van der Waals surface area contributed by atoms with E-state index in [0.717, 1.165) is 12.8 Å². The number of methoxy groups -OCH3 is 1. The van der Waals surface area contributed by atoms with Gasteiger partial charge in [-0.3, -0.25) is 0 Å². The molecule has 5 nitrogen and oxygen atoms in total. The average molecular weight is 333 g/mol. The zero-order chi connectivity index (χ0) is 14.2. The van der Waals surface area contributed by atoms with Gasteiger partial charge in [0.2, 0.25) is 10.0 Å². The van der Waals surface area contributed by atoms with E-state index in [-0.39, 0.29) is 12.4 Å². The van der Waals surface area contributed by atoms with Crippen molar-refractivity contribution in [1.29, 1.82) is 0 Å². The van der Waals surface area contributed by atoms with Gasteiger partial charge in [-0.1, -0.05) is 0 Å². The highest BCUT2D eigenvalue weighted by Crippen LogP contribution is 2.25. The Morgan fingerprint density at radius 2 is 1.81 bits per heavy atom. The van der Waals surface area contributed by atoms with E-state index >= 15 is 0 Å². The van der Waals surface area contributed by atoms with Crippen molar-refractivity contribution in [1.82, 2.24) is 9.62 Å². The van der Waals surface area contributed by atoms with Gasteiger partial charge < -0.3 is 10.1 Å². The SMILES string of the molecule is COc1ccc(S(=O)(=O)N2CCC3CCC(C2)N3)cc1.Cl. The number of halogens is 1. The van der Waals surface area contributed by atoms with Crippen LogP contribution in [0.5, 0.6) is 5.75 Å². The minimum atomic E-state index is -3.40. The quantitative estimate of drug-likeness (QED) is 0.914. The standard InChI is InChI=1S/C14H20N2O3S.ClH/c1-19-13-4-6-14(7-5-13)20(17,18)16-9-8-11-2-3-12(10-16)15-11;/h4-7,11-12,15H,2-3,8-10H2,1H3;1H. The normalized spacial score (nSPS) is 26.0. The molecule has 21 heavy (non-hydrogen) atoms. The van der Waals surface area contributed by atoms with Crippen molar-refractivity contribution in [3.8, 4) is 5.75 Å². The number of hydrogen-bond acceptors (Lipinski definition) is 4. The lowest BCUT2D eigenvalue weighted by atomic mass is 10.1. The minimum absolute atomic E-state index is 0. The number of nitrogens with one attached hydrogen (secondary N) is 1. The zero-order valence-electron chi connectivity index (χ0n) is 12.0. The van der Waals surface area contributed by atoms with Crippen molar-refractivity contribution < 1.29 is 13.2 Å². The molecule has 118 valence electrons. The van der Waals surface area contributed by atoms with Gasteiger partial charge in [-0.05, 0) is 43.5 Å². The predicted molar refractivity (Wildman–Crippen MR) is 83.6 cm³/mol. The third-order valence-corrected chi connectivity index (χ3v) is 6.06. The molecule has 1 N–H and O–H groups in total. The van der Waals surface area contributed by atoms with Crippen LogP contribution >= 0.6 is 12.4 Å². The molecule has 2 saturated heterocycles. The number of benzene rings is 1. The first kappa shape index (κ1) is 16.5. The molecule has 0 aromatic heterocycles. The fraction of sp³-hybridized carbons (Fsp3) is 0.571. The summed E-state index contributed by atoms with van der Waals surface area (Å²) in [7, 11) is -1.82. The summed E-state index contributed by atoms with van der Waals surface area (Å²) in [4.78, 5) is 0.344. The summed E-state index contributed by atoms with van der Waals surface area (Å²) in [5.41, 5.74) is 0. The van der Waals surface area contributed by atoms with Gasteiger partial charge in [-0.2, -0.15) is 4.31 Å². The second-order valence-electron chi connectivity index (χ2n) is 5.47. The fourth-order valence-corrected chi connectivity index (χ4v) is 4.53. The van der Waals surface area contributed by atoms with Crippen LogP contribution in [0.2, 0.25) is 0 Å². The molecular weight excluding hydrogens is 312 g/mol. The van der Waals surface area contributed by atoms with Crippen LogP contribution in [0, 0.1) is 0 Å². The Morgan fingerprint density at radius 1 is 1.14 bits per heavy atom. The van der Waals surface area contributed by atoms with E-state index in [4.69, 9.17) is 4.74 Å². The third-order valence-electron chi connectivity index (χ3n) is 4.18. The molecule has 2 unspecified atom stereocenters. The number of ether oxygens (including phenoxy) is 1. The van der Waals surface area contributed by atoms with Crippen LogP contribution in [0.1, 0.15) is 19.3 Å². The van der Waals surface area contributed by atoms with E-state index in [9.17, 15) is 8.42 Å². The molecule has 0 amide bonds. The van der Waals surface area contributed by atoms with Gasteiger partial charge in [0.25, 0.3) is 0 Å². The third kappa shape index (κ3) is 3.34. The fourth-order valence-electron chi connectivity index (χ4n) is 3.03. The summed E-state index contributed by atoms with van der Waals surface area (Å²) in [6, 6.07) is 7.39. The van der Waals surface area contributed by atoms with Crippen LogP contribution in [0.15, 0.2) is 29.2 Å². The highest BCUT2D eigenvalue weighted by molar-refractivity contribution is 7.89. The van der Waals surface area contributed by atoms with Gasteiger partial charge >= 0.3 is 0 Å². The van der Waals surface area contributed by atoms with Gasteiger partial charge in [0, 0.05) is 25.2 Å². The number of sulfonamides is 1. The predicted octanol–water partition coefficient (Wildman–Crippen LogP) is 1.63. The number of rotatable bonds is 3. The average Bonchev–Trinajstić information content (AvgIpc) is 2.77. The Balaban J connectivity index is 0.00000161. The maximum Gasteiger partial charge on any atom is 0.243 e. The van der Waals surface area contributed by atoms with E-state index < -0.39 is 10.0 Å². The molecular formula is C14H21ClN2O3S. The van der Waals surface area contributed by atoms with Crippen LogP contribution in [-0.4, -0.2) is 45.0 Å². The van der Waals surface area contributed by atoms with Gasteiger partial charge in [0.15, 0.2) is 0 Å². The van der Waals surface area contributed by atoms with Gasteiger partial charge in [0.1, 0.15) is 5.75 Å². The molecule has 2 heterocycles. The van der Waals surface area contributed by atoms with Crippen molar-refractivity contribution in [2.75, 3.05) is 20.2 Å². The molecule has 2 bridgehead atoms. The van der Waals surface area contributed by atoms with Crippen LogP contribution in [0.4, 0.5) is 0 Å². The maximum atomic E-state index is 12.7. The van der Waals surface area contributed by atoms with Crippen molar-refractivity contribution in [3.05, 3.63) is 24.3 Å². The highest BCUT2D eigenvalue weighted by atomic mass is 35.5. The molecule has 7 heteroatoms. The van der Waals surface area contributed by atoms with Gasteiger partial charge in [0.05, 0.1) is 12.0 Å². The van der Waals surface area contributed by atoms with E-state index in [1.807, 2.05) is 0 Å². The van der Waals surface area contributed by atoms with Crippen LogP contribution < -0.4 is 10.1 Å². The molecule has 0 aliphatic carbocycles. The topological polar surface area (TPSA) is 58.6 Å². The molecule has 3 rings (SSSR count). The van der Waals surface area contributed by atoms with Crippen molar-refractivity contribution in [2.24, 2.45) is 0 Å². The van der Waals surface area contributed by atoms with E-state index in [1.165, 1.54) is 6.42 Å². The van der Waals surface area contributed by atoms with Crippen molar-refractivity contribution in [3.63, 3.8) is 0 Å². The Labute approximate surface area is 132 Å². The van der Waals surface area contributed by atoms with Crippen LogP contribution in [-0.2, 0) is 10.0 Å². The lowest BCUT2D eigenvalue weighted by molar-refractivity contribution is 0.383. The summed E-state index contributed by atoms with van der Waals surface area (Å²) in [5, 5.41) is 3.50. The molecule has 2 aliphatic rings. The molecule has 1 aromatic rings. The van der Waals surface area contributed by atoms with Crippen LogP contribution in [0.25, 0.3) is 0 Å². The monoisotopic (exact) mass is 332 g/mol. The molecule has 2 fully saturated rings. The van der Waals surface area contributed by atoms with E-state index in [2.05, 4.69) is 5.32 Å². The lowest BCUT2D eigenvalue weighted by Crippen LogP contribution is -2.39. The second-order valence-corrected chi connectivity index (χ2v) is 7.40. The Bertz CT molecular complexity index is 576. The summed E-state index contributed by atoms with van der Waals surface area (Å²) in [5.74, 6) is 0.667. The van der Waals surface area contributed by atoms with Crippen molar-refractivity contribution in [2.45, 2.75) is 36.2 Å². The van der Waals surface area contributed by atoms with Crippen molar-refractivity contribution >= 4 is 22.4 Å². The smallest absolute Gasteiger partial charge is 0.243 e. The zero-order valence-corrected chi connectivity index (χ0v) is 13.6. The Morgan fingerprint density at radius 3 is 2.48 bits per heavy atom. The Hall–Kier alpha value is -0.820. The molecule has 0 spiro atoms. The van der Waals surface area contributed by atoms with Crippen LogP contribution in [0.3, 0.4) is 0 Å². The summed E-state index contributed by atoms with van der Waals surface area (Å²) >= 11 is 0. The summed E-state index contributed by atoms with van der Waals surface area (Å²) in [6.45, 7) is 1.17. The van der Waals surface area contributed by atoms with Gasteiger partial charge in [-0.25, -0.2) is 8.42 Å². The van der Waals surface area contributed by atoms with Gasteiger partial charge in [-0.15, -0.1) is 12.4 Å². The molecule has 0 radical (unpaired) electrons. The highest BCUT2D eigenvalue weighted by Gasteiger charge is 2.34. The lowest BCUT2D eigenvalue weighted by Gasteiger charge is -2.23. The molecule has 2 atom stereocenters. The number of nitrogens with zero attached hydrogens (tertiary/aromatic N) is 1. The van der Waals surface area contributed by atoms with E-state index in [0.29, 0.717) is 35.8 Å². The molecule has 0 saturated carbocycles. The summed E-state index contributed by atoms with van der Waals surface area (Å²) < 4.78 is 32.0. The largest absolute Gasteiger partial charge is 0.497 e. The first-order chi connectivity index (χ1) is 9.59. The van der Waals surface area contributed by atoms with E-state index in [1.54, 1.807) is 35.7 Å². The summed E-state index contributed by atoms with van der Waals surface area (Å²) in [6.07, 6.45) is 3.13. The number of hydrogen-bond donors (Lipinski definition) is 1. The first-order valence-electron chi connectivity index (χ1n) is 7.00. The molecule has 1 aromatic carbocycles. The first-order valence-corrected chi connectivity index (χ1v) is 8.44. The molecule has 2 aliphatic heterocycles.